The number of amides is 3. The summed E-state index contributed by atoms with van der Waals surface area (Å²) in [7, 11) is -3.78. The van der Waals surface area contributed by atoms with Crippen molar-refractivity contribution in [1.29, 1.82) is 0 Å². The van der Waals surface area contributed by atoms with Crippen LogP contribution in [0.3, 0.4) is 0 Å². The third kappa shape index (κ3) is 9.39. The van der Waals surface area contributed by atoms with Crippen LogP contribution in [0.5, 0.6) is 11.5 Å². The Labute approximate surface area is 347 Å². The number of thiophene rings is 1. The highest BCUT2D eigenvalue weighted by atomic mass is 32.2. The number of ether oxygens (including phenoxy) is 2. The van der Waals surface area contributed by atoms with E-state index in [1.165, 1.54) is 4.90 Å². The molecule has 1 saturated carbocycles. The van der Waals surface area contributed by atoms with Crippen molar-refractivity contribution in [2.24, 2.45) is 5.41 Å². The maximum atomic E-state index is 15.0. The van der Waals surface area contributed by atoms with Crippen LogP contribution < -0.4 is 14.2 Å². The lowest BCUT2D eigenvalue weighted by molar-refractivity contribution is -0.163. The Kier molecular flexibility index (Phi) is 12.6. The quantitative estimate of drug-likeness (QED) is 0.195. The van der Waals surface area contributed by atoms with E-state index in [-0.39, 0.29) is 63.9 Å². The molecule has 2 aliphatic heterocycles. The normalized spacial score (nSPS) is 24.8. The van der Waals surface area contributed by atoms with Gasteiger partial charge in [-0.1, -0.05) is 38.5 Å². The van der Waals surface area contributed by atoms with Crippen molar-refractivity contribution in [1.82, 2.24) is 19.5 Å². The highest BCUT2D eigenvalue weighted by Gasteiger charge is 2.57. The van der Waals surface area contributed by atoms with E-state index in [1.54, 1.807) is 38.1 Å². The summed E-state index contributed by atoms with van der Waals surface area (Å²) in [5, 5.41) is 13.2. The first-order valence-electron chi connectivity index (χ1n) is 19.5. The fraction of sp³-hybridized carbons (Fsp3) is 0.550. The van der Waals surface area contributed by atoms with E-state index in [0.29, 0.717) is 41.9 Å². The Bertz CT molecular complexity index is 2190. The molecule has 328 valence electrons. The van der Waals surface area contributed by atoms with Crippen LogP contribution in [0, 0.1) is 5.41 Å². The molecule has 0 radical (unpaired) electrons. The summed E-state index contributed by atoms with van der Waals surface area (Å²) < 4.78 is 122. The lowest BCUT2D eigenvalue weighted by Crippen LogP contribution is -2.68. The minimum absolute atomic E-state index is 0.0328. The molecule has 0 spiro atoms. The van der Waals surface area contributed by atoms with Crippen molar-refractivity contribution in [3.8, 4) is 11.5 Å². The van der Waals surface area contributed by atoms with E-state index in [9.17, 15) is 49.5 Å². The van der Waals surface area contributed by atoms with Crippen LogP contribution >= 0.6 is 11.3 Å². The fourth-order valence-electron chi connectivity index (χ4n) is 8.61. The van der Waals surface area contributed by atoms with Crippen LogP contribution in [0.25, 0.3) is 0 Å². The number of halogens is 6. The van der Waals surface area contributed by atoms with Gasteiger partial charge in [0.1, 0.15) is 22.1 Å². The second-order valence-corrected chi connectivity index (χ2v) is 18.7. The summed E-state index contributed by atoms with van der Waals surface area (Å²) in [4.78, 5) is 47.2. The lowest BCUT2D eigenvalue weighted by atomic mass is 9.78. The van der Waals surface area contributed by atoms with Gasteiger partial charge in [0.2, 0.25) is 21.5 Å². The van der Waals surface area contributed by atoms with Gasteiger partial charge in [0.15, 0.2) is 0 Å². The minimum Gasteiger partial charge on any atom is -0.490 e. The summed E-state index contributed by atoms with van der Waals surface area (Å²) in [5.41, 5.74) is -6.35. The zero-order valence-electron chi connectivity index (χ0n) is 33.1. The third-order valence-electron chi connectivity index (χ3n) is 11.6. The highest BCUT2D eigenvalue weighted by molar-refractivity contribution is 7.89. The van der Waals surface area contributed by atoms with E-state index in [1.807, 2.05) is 4.72 Å². The van der Waals surface area contributed by atoms with E-state index in [0.717, 1.165) is 40.9 Å². The molecule has 1 aromatic carbocycles. The molecule has 2 saturated heterocycles. The van der Waals surface area contributed by atoms with Crippen molar-refractivity contribution in [2.45, 2.75) is 107 Å². The van der Waals surface area contributed by atoms with Gasteiger partial charge in [-0.25, -0.2) is 8.42 Å². The number of alkyl halides is 6. The van der Waals surface area contributed by atoms with Gasteiger partial charge in [-0.15, -0.1) is 11.3 Å². The third-order valence-corrected chi connectivity index (χ3v) is 13.1. The Hall–Kier alpha value is -4.43. The van der Waals surface area contributed by atoms with Gasteiger partial charge in [0.25, 0.3) is 11.8 Å². The first kappa shape index (κ1) is 45.1. The molecular formula is C40H46F6N4O8S2. The number of rotatable bonds is 11. The number of nitrogens with one attached hydrogen (secondary N) is 1. The molecule has 12 nitrogen and oxygen atoms in total. The van der Waals surface area contributed by atoms with Crippen LogP contribution in [0.1, 0.15) is 98.1 Å². The average Bonchev–Trinajstić information content (AvgIpc) is 3.82. The molecule has 20 heteroatoms. The van der Waals surface area contributed by atoms with Crippen LogP contribution in [0.2, 0.25) is 0 Å². The van der Waals surface area contributed by atoms with Gasteiger partial charge in [-0.05, 0) is 63.1 Å². The Balaban J connectivity index is 1.28. The molecule has 3 amide bonds. The Morgan fingerprint density at radius 3 is 2.33 bits per heavy atom. The number of likely N-dealkylation sites (tertiary alicyclic amines) is 2. The Morgan fingerprint density at radius 1 is 1.00 bits per heavy atom. The van der Waals surface area contributed by atoms with Crippen LogP contribution in [-0.2, 0) is 37.6 Å². The Morgan fingerprint density at radius 2 is 1.70 bits per heavy atom. The van der Waals surface area contributed by atoms with Crippen LogP contribution in [0.4, 0.5) is 26.3 Å². The number of carbonyl (C=O) groups excluding carboxylic acids is 3. The highest BCUT2D eigenvalue weighted by Crippen LogP contribution is 2.46. The predicted octanol–water partition coefficient (Wildman–Crippen LogP) is 6.93. The zero-order chi connectivity index (χ0) is 43.9. The molecule has 4 heterocycles. The molecule has 3 aliphatic rings. The van der Waals surface area contributed by atoms with Crippen molar-refractivity contribution < 1.29 is 63.7 Å². The predicted molar refractivity (Wildman–Crippen MR) is 206 cm³/mol. The van der Waals surface area contributed by atoms with Gasteiger partial charge in [0, 0.05) is 49.3 Å². The molecule has 0 bridgehead atoms. The molecular weight excluding hydrogens is 843 g/mol. The number of pyridine rings is 1. The van der Waals surface area contributed by atoms with E-state index < -0.39 is 85.0 Å². The summed E-state index contributed by atoms with van der Waals surface area (Å²) in [6.45, 7) is 3.15. The fourth-order valence-corrected chi connectivity index (χ4v) is 9.87. The van der Waals surface area contributed by atoms with Crippen molar-refractivity contribution >= 4 is 39.1 Å². The first-order chi connectivity index (χ1) is 28.0. The molecule has 3 fully saturated rings. The monoisotopic (exact) mass is 888 g/mol. The number of piperidine rings is 2. The molecule has 4 atom stereocenters. The van der Waals surface area contributed by atoms with Gasteiger partial charge < -0.3 is 24.4 Å². The molecule has 2 N–H and O–H groups in total. The summed E-state index contributed by atoms with van der Waals surface area (Å²) in [6.07, 6.45) is -6.97. The maximum absolute atomic E-state index is 15.0. The number of aliphatic hydroxyl groups is 1. The molecule has 2 aromatic heterocycles. The smallest absolute Gasteiger partial charge is 0.425 e. The van der Waals surface area contributed by atoms with Crippen molar-refractivity contribution in [3.63, 3.8) is 0 Å². The summed E-state index contributed by atoms with van der Waals surface area (Å²) >= 11 is 0.348. The molecule has 60 heavy (non-hydrogen) atoms. The molecule has 6 rings (SSSR count). The second-order valence-electron chi connectivity index (χ2n) is 16.0. The largest absolute Gasteiger partial charge is 0.490 e. The van der Waals surface area contributed by atoms with E-state index in [2.05, 4.69) is 4.98 Å². The second kappa shape index (κ2) is 16.8. The van der Waals surface area contributed by atoms with Gasteiger partial charge >= 0.3 is 12.4 Å². The number of hydrogen-bond acceptors (Lipinski definition) is 10. The van der Waals surface area contributed by atoms with Crippen LogP contribution in [0.15, 0.2) is 54.0 Å². The van der Waals surface area contributed by atoms with Gasteiger partial charge in [-0.2, -0.15) is 26.3 Å². The number of para-hydroxylation sites is 1. The van der Waals surface area contributed by atoms with Crippen LogP contribution in [-0.4, -0.2) is 89.7 Å². The van der Waals surface area contributed by atoms with Crippen molar-refractivity contribution in [2.75, 3.05) is 25.9 Å². The number of hydrogen-bond donors (Lipinski definition) is 2. The molecule has 1 aliphatic carbocycles. The number of nitrogens with zero attached hydrogens (tertiary/aromatic N) is 3. The number of benzene rings is 1. The first-order valence-corrected chi connectivity index (χ1v) is 22.2. The van der Waals surface area contributed by atoms with Gasteiger partial charge in [-0.3, -0.25) is 24.1 Å². The number of aromatic nitrogens is 1. The molecule has 3 aromatic rings. The maximum Gasteiger partial charge on any atom is 0.425 e. The van der Waals surface area contributed by atoms with Crippen molar-refractivity contribution in [3.05, 3.63) is 75.7 Å². The number of sulfonamides is 1. The van der Waals surface area contributed by atoms with E-state index >= 15 is 4.79 Å². The summed E-state index contributed by atoms with van der Waals surface area (Å²) in [6, 6.07) is 8.03. The molecule has 4 unspecified atom stereocenters. The van der Waals surface area contributed by atoms with Gasteiger partial charge in [0.05, 0.1) is 35.0 Å². The standard InChI is InChI=1S/C40H46F6N4O8S2/c1-4-9-30-38(58-26-22-31(59-24-26)40(44,45)46,14-8-19-50(30)33(51)32-28(39(41,42)43)11-7-18-47-32)35(53)49-20-16-37(54,17-21-49)27-10-5-6-12-29(27)57-25-13-15-36(2,23-25)34(52)48-60(3,55)56/h5-7,10-12,18,22,24-25,30,54H,4,8-9,13-17,19-21,23H2,1-3H3,(H,48,52). The zero-order valence-corrected chi connectivity index (χ0v) is 34.7. The average molecular weight is 889 g/mol. The lowest BCUT2D eigenvalue weighted by Gasteiger charge is -2.51. The summed E-state index contributed by atoms with van der Waals surface area (Å²) in [5.74, 6) is -2.41. The minimum atomic E-state index is -4.94. The SMILES string of the molecule is CCCC1N(C(=O)c2ncccc2C(F)(F)F)CCCC1(Oc1csc(C(F)(F)F)c1)C(=O)N1CCC(O)(c2ccccc2OC2CCC(C)(C(=O)NS(C)(=O)=O)C2)CC1. The van der Waals surface area contributed by atoms with E-state index in [4.69, 9.17) is 9.47 Å². The number of carbonyl (C=O) groups is 3. The topological polar surface area (TPSA) is 155 Å².